The molecular formula is C16H19N3O2. The van der Waals surface area contributed by atoms with Gasteiger partial charge in [0.1, 0.15) is 5.76 Å². The first-order valence-corrected chi connectivity index (χ1v) is 7.21. The fraction of sp³-hybridized carbons (Fsp3) is 0.375. The van der Waals surface area contributed by atoms with Crippen LogP contribution in [0.25, 0.3) is 0 Å². The molecule has 21 heavy (non-hydrogen) atoms. The van der Waals surface area contributed by atoms with Crippen LogP contribution >= 0.6 is 0 Å². The van der Waals surface area contributed by atoms with Crippen molar-refractivity contribution in [3.63, 3.8) is 0 Å². The molecule has 1 aromatic carbocycles. The summed E-state index contributed by atoms with van der Waals surface area (Å²) in [7, 11) is 0. The fourth-order valence-corrected chi connectivity index (χ4v) is 2.76. The van der Waals surface area contributed by atoms with Gasteiger partial charge in [0.25, 0.3) is 0 Å². The van der Waals surface area contributed by atoms with E-state index in [0.717, 1.165) is 18.5 Å². The van der Waals surface area contributed by atoms with Crippen molar-refractivity contribution in [2.75, 3.05) is 16.8 Å². The maximum Gasteiger partial charge on any atom is 0.245 e. The molecule has 0 fully saturated rings. The molecule has 110 valence electrons. The first kappa shape index (κ1) is 13.7. The number of para-hydroxylation sites is 1. The van der Waals surface area contributed by atoms with Gasteiger partial charge in [-0.15, -0.1) is 0 Å². The lowest BCUT2D eigenvalue weighted by atomic mass is 9.97. The topological polar surface area (TPSA) is 58.4 Å². The smallest absolute Gasteiger partial charge is 0.245 e. The minimum Gasteiger partial charge on any atom is -0.360 e. The maximum absolute atomic E-state index is 12.2. The molecule has 2 heterocycles. The zero-order valence-electron chi connectivity index (χ0n) is 12.3. The lowest BCUT2D eigenvalue weighted by Gasteiger charge is -2.36. The van der Waals surface area contributed by atoms with E-state index in [2.05, 4.69) is 34.4 Å². The second-order valence-corrected chi connectivity index (χ2v) is 5.52. The largest absolute Gasteiger partial charge is 0.360 e. The molecule has 0 spiro atoms. The molecule has 1 aromatic heterocycles. The van der Waals surface area contributed by atoms with Crippen LogP contribution in [0.3, 0.4) is 0 Å². The Hall–Kier alpha value is -2.30. The van der Waals surface area contributed by atoms with Crippen LogP contribution in [0, 0.1) is 6.92 Å². The van der Waals surface area contributed by atoms with Gasteiger partial charge >= 0.3 is 0 Å². The van der Waals surface area contributed by atoms with E-state index in [0.29, 0.717) is 24.2 Å². The molecule has 2 aromatic rings. The molecule has 0 radical (unpaired) electrons. The van der Waals surface area contributed by atoms with Crippen LogP contribution < -0.4 is 10.2 Å². The molecule has 0 saturated carbocycles. The van der Waals surface area contributed by atoms with Gasteiger partial charge in [-0.25, -0.2) is 0 Å². The van der Waals surface area contributed by atoms with E-state index in [9.17, 15) is 4.79 Å². The van der Waals surface area contributed by atoms with Crippen molar-refractivity contribution in [1.82, 2.24) is 5.16 Å². The summed E-state index contributed by atoms with van der Waals surface area (Å²) in [5.74, 6) is 1.07. The van der Waals surface area contributed by atoms with E-state index in [1.165, 1.54) is 5.56 Å². The number of hydrogen-bond donors (Lipinski definition) is 1. The number of nitrogens with one attached hydrogen (secondary N) is 1. The van der Waals surface area contributed by atoms with Crippen LogP contribution in [0.4, 0.5) is 11.5 Å². The first-order chi connectivity index (χ1) is 10.1. The van der Waals surface area contributed by atoms with Gasteiger partial charge in [0.2, 0.25) is 5.91 Å². The molecule has 0 aliphatic carbocycles. The first-order valence-electron chi connectivity index (χ1n) is 7.21. The third-order valence-electron chi connectivity index (χ3n) is 3.87. The van der Waals surface area contributed by atoms with E-state index in [1.54, 1.807) is 13.0 Å². The van der Waals surface area contributed by atoms with Gasteiger partial charge < -0.3 is 14.7 Å². The summed E-state index contributed by atoms with van der Waals surface area (Å²) < 4.78 is 4.95. The number of benzene rings is 1. The quantitative estimate of drug-likeness (QED) is 0.942. The summed E-state index contributed by atoms with van der Waals surface area (Å²) in [4.78, 5) is 14.4. The molecule has 1 aliphatic rings. The highest BCUT2D eigenvalue weighted by Gasteiger charge is 2.24. The van der Waals surface area contributed by atoms with Crippen molar-refractivity contribution in [3.8, 4) is 0 Å². The third kappa shape index (κ3) is 2.91. The Labute approximate surface area is 123 Å². The Morgan fingerprint density at radius 1 is 1.48 bits per heavy atom. The summed E-state index contributed by atoms with van der Waals surface area (Å²) in [6.45, 7) is 4.28. The van der Waals surface area contributed by atoms with Gasteiger partial charge in [0.05, 0.1) is 6.54 Å². The van der Waals surface area contributed by atoms with E-state index in [1.807, 2.05) is 12.1 Å². The highest BCUT2D eigenvalue weighted by molar-refractivity contribution is 5.93. The second-order valence-electron chi connectivity index (χ2n) is 5.52. The average molecular weight is 285 g/mol. The number of hydrogen-bond acceptors (Lipinski definition) is 4. The zero-order chi connectivity index (χ0) is 14.8. The minimum absolute atomic E-state index is 0.0770. The normalized spacial score (nSPS) is 17.4. The Balaban J connectivity index is 1.73. The van der Waals surface area contributed by atoms with Crippen molar-refractivity contribution >= 4 is 17.4 Å². The summed E-state index contributed by atoms with van der Waals surface area (Å²) >= 11 is 0. The van der Waals surface area contributed by atoms with Gasteiger partial charge in [-0.2, -0.15) is 0 Å². The number of aromatic nitrogens is 1. The van der Waals surface area contributed by atoms with Gasteiger partial charge in [-0.1, -0.05) is 23.4 Å². The Kier molecular flexibility index (Phi) is 3.64. The lowest BCUT2D eigenvalue weighted by Crippen LogP contribution is -2.42. The Bertz CT molecular complexity index is 650. The molecule has 1 N–H and O–H groups in total. The SMILES string of the molecule is Cc1cc(NC(=O)CN2c3ccccc3CC[C@@H]2C)no1. The molecule has 3 rings (SSSR count). The number of carbonyl (C=O) groups is 1. The van der Waals surface area contributed by atoms with Gasteiger partial charge in [0, 0.05) is 17.8 Å². The van der Waals surface area contributed by atoms with Crippen molar-refractivity contribution in [2.45, 2.75) is 32.7 Å². The van der Waals surface area contributed by atoms with Gasteiger partial charge in [-0.3, -0.25) is 4.79 Å². The molecule has 1 atom stereocenters. The van der Waals surface area contributed by atoms with E-state index in [4.69, 9.17) is 4.52 Å². The number of fused-ring (bicyclic) bond motifs is 1. The molecule has 1 aliphatic heterocycles. The summed E-state index contributed by atoms with van der Waals surface area (Å²) in [6, 6.07) is 10.3. The second kappa shape index (κ2) is 5.60. The van der Waals surface area contributed by atoms with Gasteiger partial charge in [0.15, 0.2) is 5.82 Å². The molecule has 1 amide bonds. The van der Waals surface area contributed by atoms with Crippen LogP contribution in [-0.2, 0) is 11.2 Å². The van der Waals surface area contributed by atoms with Crippen LogP contribution in [0.15, 0.2) is 34.9 Å². The summed E-state index contributed by atoms with van der Waals surface area (Å²) in [5, 5.41) is 6.56. The summed E-state index contributed by atoms with van der Waals surface area (Å²) in [5.41, 5.74) is 2.46. The van der Waals surface area contributed by atoms with Crippen molar-refractivity contribution in [2.24, 2.45) is 0 Å². The minimum atomic E-state index is -0.0770. The standard InChI is InChI=1S/C16H19N3O2/c1-11-7-8-13-5-3-4-6-14(13)19(11)10-16(20)17-15-9-12(2)21-18-15/h3-6,9,11H,7-8,10H2,1-2H3,(H,17,18,20)/t11-/m0/s1. The molecule has 5 heteroatoms. The Morgan fingerprint density at radius 2 is 2.29 bits per heavy atom. The number of carbonyl (C=O) groups excluding carboxylic acids is 1. The van der Waals surface area contributed by atoms with E-state index >= 15 is 0 Å². The third-order valence-corrected chi connectivity index (χ3v) is 3.87. The number of aryl methyl sites for hydroxylation is 2. The predicted octanol–water partition coefficient (Wildman–Crippen LogP) is 2.76. The number of rotatable bonds is 3. The lowest BCUT2D eigenvalue weighted by molar-refractivity contribution is -0.115. The average Bonchev–Trinajstić information content (AvgIpc) is 2.87. The van der Waals surface area contributed by atoms with Crippen LogP contribution in [0.1, 0.15) is 24.7 Å². The van der Waals surface area contributed by atoms with E-state index in [-0.39, 0.29) is 5.91 Å². The Morgan fingerprint density at radius 3 is 3.05 bits per heavy atom. The van der Waals surface area contributed by atoms with Gasteiger partial charge in [-0.05, 0) is 38.3 Å². The maximum atomic E-state index is 12.2. The molecular weight excluding hydrogens is 266 g/mol. The van der Waals surface area contributed by atoms with Crippen molar-refractivity contribution < 1.29 is 9.32 Å². The molecule has 0 saturated heterocycles. The zero-order valence-corrected chi connectivity index (χ0v) is 12.3. The molecule has 5 nitrogen and oxygen atoms in total. The van der Waals surface area contributed by atoms with Crippen LogP contribution in [0.2, 0.25) is 0 Å². The molecule has 0 bridgehead atoms. The monoisotopic (exact) mass is 285 g/mol. The van der Waals surface area contributed by atoms with Crippen molar-refractivity contribution in [1.29, 1.82) is 0 Å². The highest BCUT2D eigenvalue weighted by Crippen LogP contribution is 2.30. The summed E-state index contributed by atoms with van der Waals surface area (Å²) in [6.07, 6.45) is 2.13. The van der Waals surface area contributed by atoms with Crippen LogP contribution in [-0.4, -0.2) is 23.7 Å². The fourth-order valence-electron chi connectivity index (χ4n) is 2.76. The molecule has 0 unspecified atom stereocenters. The number of anilines is 2. The number of nitrogens with zero attached hydrogens (tertiary/aromatic N) is 2. The predicted molar refractivity (Wildman–Crippen MR) is 81.4 cm³/mol. The highest BCUT2D eigenvalue weighted by atomic mass is 16.5. The van der Waals surface area contributed by atoms with Crippen LogP contribution in [0.5, 0.6) is 0 Å². The number of amides is 1. The van der Waals surface area contributed by atoms with Crippen molar-refractivity contribution in [3.05, 3.63) is 41.7 Å². The van der Waals surface area contributed by atoms with E-state index < -0.39 is 0 Å².